The molecule has 0 fully saturated rings. The van der Waals surface area contributed by atoms with Gasteiger partial charge in [0.05, 0.1) is 19.6 Å². The molecule has 3 N–H and O–H groups in total. The molecule has 2 atom stereocenters. The van der Waals surface area contributed by atoms with Crippen molar-refractivity contribution in [2.24, 2.45) is 5.73 Å². The largest absolute Gasteiger partial charge is 0.468 e. The lowest BCUT2D eigenvalue weighted by Gasteiger charge is -2.17. The van der Waals surface area contributed by atoms with Crippen molar-refractivity contribution in [3.05, 3.63) is 39.8 Å². The second-order valence-corrected chi connectivity index (χ2v) is 9.28. The molecule has 174 valence electrons. The number of nitrogens with zero attached hydrogens (tertiary/aromatic N) is 2. The van der Waals surface area contributed by atoms with Crippen molar-refractivity contribution in [1.82, 2.24) is 14.9 Å². The lowest BCUT2D eigenvalue weighted by atomic mass is 10.1. The van der Waals surface area contributed by atoms with Crippen LogP contribution in [0.15, 0.2) is 23.1 Å². The normalized spacial score (nSPS) is 12.8. The molecule has 0 aliphatic rings. The van der Waals surface area contributed by atoms with Crippen LogP contribution in [0.3, 0.4) is 0 Å². The first-order valence-corrected chi connectivity index (χ1v) is 12.2. The van der Waals surface area contributed by atoms with Gasteiger partial charge in [0.2, 0.25) is 5.43 Å². The highest BCUT2D eigenvalue weighted by molar-refractivity contribution is 8.76. The predicted molar refractivity (Wildman–Crippen MR) is 125 cm³/mol. The molecule has 0 bridgehead atoms. The summed E-state index contributed by atoms with van der Waals surface area (Å²) in [7, 11) is 4.95. The molecule has 2 aromatic heterocycles. The number of carbonyl (C=O) groups is 3. The molecule has 0 spiro atoms. The lowest BCUT2D eigenvalue weighted by molar-refractivity contribution is -0.142. The average molecular weight is 483 g/mol. The Hall–Kier alpha value is -2.57. The maximum absolute atomic E-state index is 12.9. The van der Waals surface area contributed by atoms with Gasteiger partial charge in [-0.1, -0.05) is 21.6 Å². The number of hydrogen-bond acceptors (Lipinski definition) is 10. The van der Waals surface area contributed by atoms with E-state index in [0.29, 0.717) is 17.6 Å². The van der Waals surface area contributed by atoms with Gasteiger partial charge >= 0.3 is 11.9 Å². The van der Waals surface area contributed by atoms with Crippen molar-refractivity contribution in [3.8, 4) is 0 Å². The van der Waals surface area contributed by atoms with Crippen molar-refractivity contribution in [3.63, 3.8) is 0 Å². The number of hydrogen-bond donors (Lipinski definition) is 2. The van der Waals surface area contributed by atoms with Gasteiger partial charge in [0.1, 0.15) is 23.3 Å². The molecule has 32 heavy (non-hydrogen) atoms. The standard InChI is InChI=1S/C20H26N4O6S2/c1-5-24-8-13(16(25)12-7-6-11(2)22-17(12)24)18(26)23-15(20(28)30-4)10-32-31-9-14(21)19(27)29-3/h6-8,14-15H,5,9-10,21H2,1-4H3,(H,23,26). The molecule has 0 aromatic carbocycles. The monoisotopic (exact) mass is 482 g/mol. The van der Waals surface area contributed by atoms with E-state index in [1.807, 2.05) is 13.8 Å². The van der Waals surface area contributed by atoms with Gasteiger partial charge in [-0.2, -0.15) is 0 Å². The fourth-order valence-corrected chi connectivity index (χ4v) is 5.02. The second kappa shape index (κ2) is 11.9. The molecule has 0 aliphatic heterocycles. The molecule has 10 nitrogen and oxygen atoms in total. The third kappa shape index (κ3) is 6.24. The number of esters is 2. The molecule has 0 aliphatic carbocycles. The first kappa shape index (κ1) is 25.7. The van der Waals surface area contributed by atoms with Crippen molar-refractivity contribution >= 4 is 50.5 Å². The third-order valence-corrected chi connectivity index (χ3v) is 6.95. The molecule has 2 rings (SSSR count). The highest BCUT2D eigenvalue weighted by Crippen LogP contribution is 2.23. The summed E-state index contributed by atoms with van der Waals surface area (Å²) in [6.45, 7) is 4.19. The highest BCUT2D eigenvalue weighted by Gasteiger charge is 2.25. The minimum atomic E-state index is -0.999. The summed E-state index contributed by atoms with van der Waals surface area (Å²) >= 11 is 0. The molecule has 12 heteroatoms. The Labute approximate surface area is 193 Å². The number of fused-ring (bicyclic) bond motifs is 1. The van der Waals surface area contributed by atoms with E-state index in [0.717, 1.165) is 5.69 Å². The summed E-state index contributed by atoms with van der Waals surface area (Å²) in [5.41, 5.74) is 6.36. The number of aromatic nitrogens is 2. The molecule has 1 amide bonds. The summed E-state index contributed by atoms with van der Waals surface area (Å²) in [6, 6.07) is 1.54. The van der Waals surface area contributed by atoms with E-state index < -0.39 is 35.4 Å². The number of pyridine rings is 2. The number of aryl methyl sites for hydroxylation is 2. The zero-order valence-corrected chi connectivity index (χ0v) is 19.9. The van der Waals surface area contributed by atoms with Gasteiger partial charge in [0.15, 0.2) is 0 Å². The fourth-order valence-electron chi connectivity index (χ4n) is 2.77. The van der Waals surface area contributed by atoms with Crippen LogP contribution < -0.4 is 16.5 Å². The van der Waals surface area contributed by atoms with Gasteiger partial charge in [0, 0.05) is 29.9 Å². The minimum Gasteiger partial charge on any atom is -0.468 e. The molecule has 0 saturated carbocycles. The van der Waals surface area contributed by atoms with Crippen LogP contribution in [0.25, 0.3) is 11.0 Å². The zero-order chi connectivity index (χ0) is 23.8. The van der Waals surface area contributed by atoms with Gasteiger partial charge < -0.3 is 25.1 Å². The van der Waals surface area contributed by atoms with Crippen LogP contribution in [0.1, 0.15) is 23.0 Å². The van der Waals surface area contributed by atoms with Gasteiger partial charge in [-0.15, -0.1) is 0 Å². The van der Waals surface area contributed by atoms with Crippen LogP contribution >= 0.6 is 21.6 Å². The zero-order valence-electron chi connectivity index (χ0n) is 18.2. The Morgan fingerprint density at radius 3 is 2.44 bits per heavy atom. The van der Waals surface area contributed by atoms with Crippen LogP contribution in [0.4, 0.5) is 0 Å². The van der Waals surface area contributed by atoms with E-state index in [-0.39, 0.29) is 17.1 Å². The predicted octanol–water partition coefficient (Wildman–Crippen LogP) is 0.878. The maximum atomic E-state index is 12.9. The maximum Gasteiger partial charge on any atom is 0.329 e. The van der Waals surface area contributed by atoms with E-state index >= 15 is 0 Å². The van der Waals surface area contributed by atoms with Crippen molar-refractivity contribution in [2.45, 2.75) is 32.5 Å². The number of nitrogens with two attached hydrogens (primary N) is 1. The first-order chi connectivity index (χ1) is 15.2. The number of ether oxygens (including phenoxy) is 2. The Balaban J connectivity index is 2.18. The van der Waals surface area contributed by atoms with Crippen molar-refractivity contribution < 1.29 is 23.9 Å². The topological polar surface area (TPSA) is 143 Å². The van der Waals surface area contributed by atoms with Crippen molar-refractivity contribution in [1.29, 1.82) is 0 Å². The number of carbonyl (C=O) groups excluding carboxylic acids is 3. The molecule has 2 aromatic rings. The van der Waals surface area contributed by atoms with E-state index in [1.54, 1.807) is 16.7 Å². The Kier molecular flexibility index (Phi) is 9.54. The van der Waals surface area contributed by atoms with E-state index in [4.69, 9.17) is 10.5 Å². The van der Waals surface area contributed by atoms with Crippen LogP contribution in [-0.4, -0.2) is 65.2 Å². The van der Waals surface area contributed by atoms with Gasteiger partial charge in [0.25, 0.3) is 5.91 Å². The summed E-state index contributed by atoms with van der Waals surface area (Å²) in [6.07, 6.45) is 1.44. The number of rotatable bonds is 10. The number of amides is 1. The van der Waals surface area contributed by atoms with Crippen LogP contribution in [0, 0.1) is 6.92 Å². The Bertz CT molecular complexity index is 1060. The summed E-state index contributed by atoms with van der Waals surface area (Å²) in [4.78, 5) is 53.7. The SMILES string of the molecule is CCn1cc(C(=O)NC(CSSCC(N)C(=O)OC)C(=O)OC)c(=O)c2ccc(C)nc21. The van der Waals surface area contributed by atoms with E-state index in [9.17, 15) is 19.2 Å². The molecular weight excluding hydrogens is 456 g/mol. The molecule has 2 unspecified atom stereocenters. The summed E-state index contributed by atoms with van der Waals surface area (Å²) in [5, 5.41) is 2.89. The minimum absolute atomic E-state index is 0.0933. The Morgan fingerprint density at radius 1 is 1.16 bits per heavy atom. The summed E-state index contributed by atoms with van der Waals surface area (Å²) in [5.74, 6) is -1.47. The number of methoxy groups -OCH3 is 2. The fraction of sp³-hybridized carbons (Fsp3) is 0.450. The smallest absolute Gasteiger partial charge is 0.329 e. The van der Waals surface area contributed by atoms with Crippen molar-refractivity contribution in [2.75, 3.05) is 25.7 Å². The van der Waals surface area contributed by atoms with E-state index in [1.165, 1.54) is 42.0 Å². The molecule has 0 saturated heterocycles. The van der Waals surface area contributed by atoms with Gasteiger partial charge in [-0.05, 0) is 26.0 Å². The quantitative estimate of drug-likeness (QED) is 0.284. The summed E-state index contributed by atoms with van der Waals surface area (Å²) < 4.78 is 11.0. The molecular formula is C20H26N4O6S2. The first-order valence-electron chi connectivity index (χ1n) is 9.70. The highest BCUT2D eigenvalue weighted by atomic mass is 33.1. The average Bonchev–Trinajstić information content (AvgIpc) is 2.79. The Morgan fingerprint density at radius 2 is 1.81 bits per heavy atom. The molecule has 2 heterocycles. The van der Waals surface area contributed by atoms with Gasteiger partial charge in [-0.3, -0.25) is 14.4 Å². The van der Waals surface area contributed by atoms with E-state index in [2.05, 4.69) is 15.0 Å². The molecule has 0 radical (unpaired) electrons. The number of nitrogens with one attached hydrogen (secondary N) is 1. The van der Waals surface area contributed by atoms with Gasteiger partial charge in [-0.25, -0.2) is 9.78 Å². The van der Waals surface area contributed by atoms with Crippen LogP contribution in [0.5, 0.6) is 0 Å². The lowest BCUT2D eigenvalue weighted by Crippen LogP contribution is -2.44. The van der Waals surface area contributed by atoms with Crippen LogP contribution in [-0.2, 0) is 25.6 Å². The van der Waals surface area contributed by atoms with Crippen LogP contribution in [0.2, 0.25) is 0 Å². The second-order valence-electron chi connectivity index (χ2n) is 6.73. The third-order valence-electron chi connectivity index (χ3n) is 4.51.